The Balaban J connectivity index is 0.00000456. The summed E-state index contributed by atoms with van der Waals surface area (Å²) in [5, 5.41) is 34.0. The van der Waals surface area contributed by atoms with Crippen molar-refractivity contribution in [2.45, 2.75) is 52.6 Å². The number of ether oxygens (including phenoxy) is 2. The Hall–Kier alpha value is -2.58. The maximum atomic E-state index is 11.7. The average Bonchev–Trinajstić information content (AvgIpc) is 2.83. The van der Waals surface area contributed by atoms with Gasteiger partial charge in [-0.05, 0) is 60.4 Å². The Bertz CT molecular complexity index is 1220. The van der Waals surface area contributed by atoms with Gasteiger partial charge in [-0.25, -0.2) is 0 Å². The minimum Gasteiger partial charge on any atom is -0.545 e. The monoisotopic (exact) mass is 502 g/mol. The van der Waals surface area contributed by atoms with Gasteiger partial charge in [-0.1, -0.05) is 44.9 Å². The van der Waals surface area contributed by atoms with Crippen LogP contribution in [0.4, 0.5) is 0 Å². The van der Waals surface area contributed by atoms with Crippen LogP contribution in [-0.4, -0.2) is 41.3 Å². The molecule has 36 heavy (non-hydrogen) atoms. The van der Waals surface area contributed by atoms with E-state index in [1.165, 1.54) is 19.1 Å². The molecule has 2 N–H and O–H groups in total. The normalized spacial score (nSPS) is 11.6. The standard InChI is InChI=1S/C28H32O7.Na/c1-4-6-22-24-14-19(28(32)33)9-8-18(24)10-12-25(22)34-15-20(30)16-35-26-13-11-21(17(3)29)27(31)23(26)7-5-2;/h8-14,20,30-31H,4-7,15-16H2,1-3H3,(H,32,33);/q;+1/p-1. The number of benzene rings is 3. The van der Waals surface area contributed by atoms with Crippen molar-refractivity contribution in [3.63, 3.8) is 0 Å². The van der Waals surface area contributed by atoms with Crippen molar-refractivity contribution in [3.05, 3.63) is 64.7 Å². The van der Waals surface area contributed by atoms with E-state index < -0.39 is 12.1 Å². The number of aryl methyl sites for hydroxylation is 1. The van der Waals surface area contributed by atoms with Gasteiger partial charge in [-0.2, -0.15) is 0 Å². The first kappa shape index (κ1) is 29.6. The number of aromatic hydroxyl groups is 1. The largest absolute Gasteiger partial charge is 1.00 e. The zero-order chi connectivity index (χ0) is 25.5. The van der Waals surface area contributed by atoms with Crippen LogP contribution in [-0.2, 0) is 12.8 Å². The predicted molar refractivity (Wildman–Crippen MR) is 131 cm³/mol. The summed E-state index contributed by atoms with van der Waals surface area (Å²) >= 11 is 0. The molecule has 0 saturated heterocycles. The van der Waals surface area contributed by atoms with Crippen LogP contribution in [0.15, 0.2) is 42.5 Å². The number of rotatable bonds is 12. The average molecular weight is 503 g/mol. The zero-order valence-corrected chi connectivity index (χ0v) is 23.3. The number of carboxylic acid groups (broad SMARTS) is 1. The first-order valence-corrected chi connectivity index (χ1v) is 11.8. The van der Waals surface area contributed by atoms with Crippen LogP contribution in [0.5, 0.6) is 17.2 Å². The van der Waals surface area contributed by atoms with E-state index >= 15 is 0 Å². The molecule has 0 saturated carbocycles. The Labute approximate surface area is 233 Å². The molecule has 0 heterocycles. The molecule has 0 aliphatic rings. The number of Topliss-reactive ketones (excluding diaryl/α,β-unsaturated/α-hetero) is 1. The van der Waals surface area contributed by atoms with Gasteiger partial charge < -0.3 is 29.6 Å². The van der Waals surface area contributed by atoms with E-state index in [1.54, 1.807) is 18.2 Å². The summed E-state index contributed by atoms with van der Waals surface area (Å²) in [7, 11) is 0. The summed E-state index contributed by atoms with van der Waals surface area (Å²) in [5.41, 5.74) is 1.75. The third kappa shape index (κ3) is 7.01. The molecule has 0 fully saturated rings. The molecule has 8 heteroatoms. The number of hydrogen-bond donors (Lipinski definition) is 2. The van der Waals surface area contributed by atoms with Crippen LogP contribution in [0.3, 0.4) is 0 Å². The fraction of sp³-hybridized carbons (Fsp3) is 0.357. The van der Waals surface area contributed by atoms with Crippen LogP contribution in [0.2, 0.25) is 0 Å². The fourth-order valence-electron chi connectivity index (χ4n) is 4.08. The molecular formula is C28H31NaO7. The number of aliphatic hydroxyl groups excluding tert-OH is 1. The van der Waals surface area contributed by atoms with Crippen molar-refractivity contribution in [1.29, 1.82) is 0 Å². The van der Waals surface area contributed by atoms with Gasteiger partial charge in [0.15, 0.2) is 5.78 Å². The number of carboxylic acids is 1. The smallest absolute Gasteiger partial charge is 0.545 e. The van der Waals surface area contributed by atoms with E-state index in [-0.39, 0.29) is 65.4 Å². The Kier molecular flexibility index (Phi) is 11.2. The number of aromatic carboxylic acids is 1. The minimum atomic E-state index is -1.24. The van der Waals surface area contributed by atoms with Crippen molar-refractivity contribution in [3.8, 4) is 17.2 Å². The summed E-state index contributed by atoms with van der Waals surface area (Å²) < 4.78 is 11.7. The predicted octanol–water partition coefficient (Wildman–Crippen LogP) is 0.839. The molecule has 3 aromatic rings. The molecule has 0 aliphatic carbocycles. The quantitative estimate of drug-likeness (QED) is 0.279. The summed E-state index contributed by atoms with van der Waals surface area (Å²) in [6, 6.07) is 11.7. The zero-order valence-electron chi connectivity index (χ0n) is 21.3. The summed E-state index contributed by atoms with van der Waals surface area (Å²) in [6.45, 7) is 5.27. The van der Waals surface area contributed by atoms with Gasteiger partial charge in [0.2, 0.25) is 0 Å². The number of carbonyl (C=O) groups is 2. The van der Waals surface area contributed by atoms with E-state index in [2.05, 4.69) is 0 Å². The van der Waals surface area contributed by atoms with Crippen molar-refractivity contribution >= 4 is 22.5 Å². The number of fused-ring (bicyclic) bond motifs is 1. The SMILES string of the molecule is CCCc1c(OCC(O)COc2ccc3ccc(C(=O)[O-])cc3c2CCC)ccc(C(C)=O)c1O.[Na+]. The van der Waals surface area contributed by atoms with Crippen LogP contribution < -0.4 is 44.1 Å². The van der Waals surface area contributed by atoms with Gasteiger partial charge in [0.05, 0.1) is 11.5 Å². The van der Waals surface area contributed by atoms with Crippen molar-refractivity contribution in [2.24, 2.45) is 0 Å². The van der Waals surface area contributed by atoms with Crippen molar-refractivity contribution in [2.75, 3.05) is 13.2 Å². The van der Waals surface area contributed by atoms with Crippen LogP contribution >= 0.6 is 0 Å². The van der Waals surface area contributed by atoms with Gasteiger partial charge in [-0.15, -0.1) is 0 Å². The molecule has 0 amide bonds. The molecule has 0 radical (unpaired) electrons. The van der Waals surface area contributed by atoms with E-state index in [0.717, 1.165) is 29.2 Å². The maximum absolute atomic E-state index is 11.7. The molecule has 3 aromatic carbocycles. The molecule has 1 unspecified atom stereocenters. The number of ketones is 1. The molecule has 3 rings (SSSR count). The van der Waals surface area contributed by atoms with Gasteiger partial charge in [0.25, 0.3) is 0 Å². The third-order valence-corrected chi connectivity index (χ3v) is 5.81. The molecule has 1 atom stereocenters. The first-order chi connectivity index (χ1) is 16.8. The number of phenols is 1. The van der Waals surface area contributed by atoms with E-state index in [0.29, 0.717) is 29.9 Å². The van der Waals surface area contributed by atoms with E-state index in [4.69, 9.17) is 9.47 Å². The van der Waals surface area contributed by atoms with E-state index in [1.807, 2.05) is 26.0 Å². The van der Waals surface area contributed by atoms with Crippen LogP contribution in [0, 0.1) is 0 Å². The first-order valence-electron chi connectivity index (χ1n) is 11.8. The van der Waals surface area contributed by atoms with Crippen LogP contribution in [0.25, 0.3) is 10.8 Å². The van der Waals surface area contributed by atoms with Crippen molar-refractivity contribution in [1.82, 2.24) is 0 Å². The Morgan fingerprint density at radius 1 is 0.917 bits per heavy atom. The Morgan fingerprint density at radius 2 is 1.47 bits per heavy atom. The molecule has 0 bridgehead atoms. The number of phenolic OH excluding ortho intramolecular Hbond substituents is 1. The summed E-state index contributed by atoms with van der Waals surface area (Å²) in [5.74, 6) is -0.564. The molecule has 0 spiro atoms. The van der Waals surface area contributed by atoms with Gasteiger partial charge >= 0.3 is 29.6 Å². The second kappa shape index (κ2) is 13.7. The van der Waals surface area contributed by atoms with Crippen LogP contribution in [0.1, 0.15) is 65.5 Å². The van der Waals surface area contributed by atoms with Gasteiger partial charge in [0.1, 0.15) is 36.6 Å². The summed E-state index contributed by atoms with van der Waals surface area (Å²) in [4.78, 5) is 23.1. The minimum absolute atomic E-state index is 0. The second-order valence-corrected chi connectivity index (χ2v) is 8.54. The van der Waals surface area contributed by atoms with Crippen molar-refractivity contribution < 1.29 is 63.9 Å². The fourth-order valence-corrected chi connectivity index (χ4v) is 4.08. The number of carbonyl (C=O) groups excluding carboxylic acids is 2. The van der Waals surface area contributed by atoms with Gasteiger partial charge in [0, 0.05) is 11.1 Å². The number of hydrogen-bond acceptors (Lipinski definition) is 7. The molecule has 0 aromatic heterocycles. The molecule has 186 valence electrons. The maximum Gasteiger partial charge on any atom is 1.00 e. The van der Waals surface area contributed by atoms with E-state index in [9.17, 15) is 24.9 Å². The van der Waals surface area contributed by atoms with Gasteiger partial charge in [-0.3, -0.25) is 4.79 Å². The topological polar surface area (TPSA) is 116 Å². The molecule has 0 aliphatic heterocycles. The molecular weight excluding hydrogens is 471 g/mol. The number of aliphatic hydroxyl groups is 1. The summed E-state index contributed by atoms with van der Waals surface area (Å²) in [6.07, 6.45) is 1.83. The third-order valence-electron chi connectivity index (χ3n) is 5.81. The molecule has 7 nitrogen and oxygen atoms in total. The second-order valence-electron chi connectivity index (χ2n) is 8.54. The Morgan fingerprint density at radius 3 is 2.06 bits per heavy atom.